The highest BCUT2D eigenvalue weighted by Gasteiger charge is 2.18. The lowest BCUT2D eigenvalue weighted by atomic mass is 9.98. The largest absolute Gasteiger partial charge is 0.481 e. The van der Waals surface area contributed by atoms with E-state index in [0.29, 0.717) is 0 Å². The molecule has 4 heteroatoms. The summed E-state index contributed by atoms with van der Waals surface area (Å²) in [5, 5.41) is 16.7. The fourth-order valence-corrected chi connectivity index (χ4v) is 0.824. The van der Waals surface area contributed by atoms with Crippen molar-refractivity contribution in [2.45, 2.75) is 60.3 Å². The smallest absolute Gasteiger partial charge is 0.308 e. The van der Waals surface area contributed by atoms with Crippen LogP contribution in [0.1, 0.15) is 60.3 Å². The molecule has 0 bridgehead atoms. The van der Waals surface area contributed by atoms with Crippen molar-refractivity contribution in [2.75, 3.05) is 0 Å². The highest BCUT2D eigenvalue weighted by atomic mass is 16.4. The van der Waals surface area contributed by atoms with Gasteiger partial charge in [0.15, 0.2) is 0 Å². The summed E-state index contributed by atoms with van der Waals surface area (Å²) in [5.74, 6) is -1.59. The van der Waals surface area contributed by atoms with Gasteiger partial charge in [0.2, 0.25) is 0 Å². The van der Waals surface area contributed by atoms with E-state index in [2.05, 4.69) is 6.92 Å². The average molecular weight is 246 g/mol. The zero-order valence-corrected chi connectivity index (χ0v) is 11.6. The van der Waals surface area contributed by atoms with Gasteiger partial charge >= 0.3 is 11.9 Å². The van der Waals surface area contributed by atoms with E-state index in [-0.39, 0.29) is 5.92 Å². The molecule has 0 aliphatic rings. The van der Waals surface area contributed by atoms with E-state index in [9.17, 15) is 9.59 Å². The van der Waals surface area contributed by atoms with E-state index in [4.69, 9.17) is 10.2 Å². The second-order valence-corrected chi connectivity index (χ2v) is 5.29. The van der Waals surface area contributed by atoms with Gasteiger partial charge in [0, 0.05) is 0 Å². The molecule has 1 unspecified atom stereocenters. The Kier molecular flexibility index (Phi) is 9.72. The van der Waals surface area contributed by atoms with Crippen LogP contribution < -0.4 is 0 Å². The molecule has 17 heavy (non-hydrogen) atoms. The second kappa shape index (κ2) is 9.02. The monoisotopic (exact) mass is 246 g/mol. The van der Waals surface area contributed by atoms with E-state index < -0.39 is 17.4 Å². The quantitative estimate of drug-likeness (QED) is 0.729. The van der Waals surface area contributed by atoms with Gasteiger partial charge in [-0.1, -0.05) is 33.1 Å². The van der Waals surface area contributed by atoms with Gasteiger partial charge in [-0.2, -0.15) is 0 Å². The van der Waals surface area contributed by atoms with Crippen molar-refractivity contribution in [1.82, 2.24) is 0 Å². The molecule has 0 spiro atoms. The minimum Gasteiger partial charge on any atom is -0.481 e. The molecule has 0 aromatic rings. The number of carbonyl (C=O) groups is 2. The van der Waals surface area contributed by atoms with Crippen LogP contribution in [0.3, 0.4) is 0 Å². The third-order valence-electron chi connectivity index (χ3n) is 2.30. The highest BCUT2D eigenvalue weighted by molar-refractivity contribution is 5.72. The van der Waals surface area contributed by atoms with Gasteiger partial charge in [-0.3, -0.25) is 9.59 Å². The summed E-state index contributed by atoms with van der Waals surface area (Å²) in [6, 6.07) is 0. The summed E-state index contributed by atoms with van der Waals surface area (Å²) in [5.41, 5.74) is -0.583. The lowest BCUT2D eigenvalue weighted by Gasteiger charge is -2.08. The third kappa shape index (κ3) is 12.9. The molecule has 4 nitrogen and oxygen atoms in total. The number of carboxylic acids is 2. The van der Waals surface area contributed by atoms with Crippen molar-refractivity contribution in [2.24, 2.45) is 11.3 Å². The number of unbranched alkanes of at least 4 members (excludes halogenated alkanes) is 2. The summed E-state index contributed by atoms with van der Waals surface area (Å²) < 4.78 is 0. The first-order valence-corrected chi connectivity index (χ1v) is 6.09. The Balaban J connectivity index is 0. The maximum atomic E-state index is 10.3. The Bertz CT molecular complexity index is 228. The van der Waals surface area contributed by atoms with E-state index in [1.807, 2.05) is 0 Å². The van der Waals surface area contributed by atoms with Gasteiger partial charge in [0.1, 0.15) is 0 Å². The van der Waals surface area contributed by atoms with Crippen molar-refractivity contribution < 1.29 is 19.8 Å². The van der Waals surface area contributed by atoms with Gasteiger partial charge in [0.05, 0.1) is 11.3 Å². The zero-order valence-electron chi connectivity index (χ0n) is 11.6. The van der Waals surface area contributed by atoms with Crippen molar-refractivity contribution in [3.05, 3.63) is 0 Å². The summed E-state index contributed by atoms with van der Waals surface area (Å²) in [6.45, 7) is 8.86. The summed E-state index contributed by atoms with van der Waals surface area (Å²) in [6.07, 6.45) is 4.18. The lowest BCUT2D eigenvalue weighted by molar-refractivity contribution is -0.146. The van der Waals surface area contributed by atoms with Crippen molar-refractivity contribution in [1.29, 1.82) is 0 Å². The summed E-state index contributed by atoms with van der Waals surface area (Å²) in [4.78, 5) is 20.3. The predicted molar refractivity (Wildman–Crippen MR) is 68.0 cm³/mol. The van der Waals surface area contributed by atoms with Gasteiger partial charge in [-0.15, -0.1) is 0 Å². The van der Waals surface area contributed by atoms with Crippen LogP contribution in [0.5, 0.6) is 0 Å². The third-order valence-corrected chi connectivity index (χ3v) is 2.30. The second-order valence-electron chi connectivity index (χ2n) is 5.29. The summed E-state index contributed by atoms with van der Waals surface area (Å²) in [7, 11) is 0. The molecule has 0 fully saturated rings. The molecule has 0 rings (SSSR count). The van der Waals surface area contributed by atoms with Crippen LogP contribution in [-0.4, -0.2) is 22.2 Å². The zero-order chi connectivity index (χ0) is 14.1. The first-order chi connectivity index (χ1) is 7.62. The Hall–Kier alpha value is -1.06. The maximum absolute atomic E-state index is 10.3. The standard InChI is InChI=1S/C8H16O2.C5H10O2/c1-3-4-5-6-7(2)8(9)10;1-5(2,3)4(6)7/h7H,3-6H2,1-2H3,(H,9,10);1-3H3,(H,6,7). The Morgan fingerprint density at radius 3 is 1.76 bits per heavy atom. The van der Waals surface area contributed by atoms with Crippen LogP contribution in [0.25, 0.3) is 0 Å². The van der Waals surface area contributed by atoms with Crippen LogP contribution in [-0.2, 0) is 9.59 Å². The first kappa shape index (κ1) is 18.3. The highest BCUT2D eigenvalue weighted by Crippen LogP contribution is 2.11. The van der Waals surface area contributed by atoms with E-state index >= 15 is 0 Å². The fraction of sp³-hybridized carbons (Fsp3) is 0.846. The Morgan fingerprint density at radius 1 is 1.12 bits per heavy atom. The van der Waals surface area contributed by atoms with Crippen molar-refractivity contribution in [3.8, 4) is 0 Å². The van der Waals surface area contributed by atoms with Crippen molar-refractivity contribution in [3.63, 3.8) is 0 Å². The molecular formula is C13H26O4. The first-order valence-electron chi connectivity index (χ1n) is 6.09. The van der Waals surface area contributed by atoms with E-state index in [1.165, 1.54) is 0 Å². The van der Waals surface area contributed by atoms with Crippen LogP contribution >= 0.6 is 0 Å². The van der Waals surface area contributed by atoms with E-state index in [1.54, 1.807) is 27.7 Å². The molecule has 2 N–H and O–H groups in total. The van der Waals surface area contributed by atoms with Crippen LogP contribution in [0.4, 0.5) is 0 Å². The molecule has 102 valence electrons. The molecule has 0 aromatic carbocycles. The number of hydrogen-bond donors (Lipinski definition) is 2. The molecule has 0 radical (unpaired) electrons. The molecule has 0 aliphatic carbocycles. The molecule has 0 aliphatic heterocycles. The number of aliphatic carboxylic acids is 2. The summed E-state index contributed by atoms with van der Waals surface area (Å²) >= 11 is 0. The molecule has 0 aromatic heterocycles. The molecule has 0 saturated heterocycles. The number of rotatable bonds is 5. The van der Waals surface area contributed by atoms with Crippen LogP contribution in [0.2, 0.25) is 0 Å². The number of carboxylic acid groups (broad SMARTS) is 2. The molecule has 1 atom stereocenters. The Morgan fingerprint density at radius 2 is 1.53 bits per heavy atom. The SMILES string of the molecule is CC(C)(C)C(=O)O.CCCCCC(C)C(=O)O. The lowest BCUT2D eigenvalue weighted by Crippen LogP contribution is -2.18. The van der Waals surface area contributed by atoms with Gasteiger partial charge in [0.25, 0.3) is 0 Å². The van der Waals surface area contributed by atoms with Gasteiger partial charge in [-0.25, -0.2) is 0 Å². The van der Waals surface area contributed by atoms with Crippen LogP contribution in [0.15, 0.2) is 0 Å². The van der Waals surface area contributed by atoms with Gasteiger partial charge in [-0.05, 0) is 27.2 Å². The average Bonchev–Trinajstić information content (AvgIpc) is 2.17. The minimum atomic E-state index is -0.757. The van der Waals surface area contributed by atoms with Crippen LogP contribution in [0, 0.1) is 11.3 Å². The van der Waals surface area contributed by atoms with Gasteiger partial charge < -0.3 is 10.2 Å². The molecule has 0 amide bonds. The molecule has 0 heterocycles. The Labute approximate surface area is 104 Å². The molecule has 0 saturated carbocycles. The van der Waals surface area contributed by atoms with E-state index in [0.717, 1.165) is 25.7 Å². The molecular weight excluding hydrogens is 220 g/mol. The number of hydrogen-bond acceptors (Lipinski definition) is 2. The fourth-order valence-electron chi connectivity index (χ4n) is 0.824. The maximum Gasteiger partial charge on any atom is 0.308 e. The predicted octanol–water partition coefficient (Wildman–Crippen LogP) is 3.40. The minimum absolute atomic E-state index is 0.161. The normalized spacial score (nSPS) is 12.3. The topological polar surface area (TPSA) is 74.6 Å². The van der Waals surface area contributed by atoms with Crippen molar-refractivity contribution >= 4 is 11.9 Å².